The third-order valence-corrected chi connectivity index (χ3v) is 3.47. The number of furan rings is 1. The smallest absolute Gasteiger partial charge is 0.134 e. The number of hydrogen-bond acceptors (Lipinski definition) is 4. The summed E-state index contributed by atoms with van der Waals surface area (Å²) in [7, 11) is 0. The van der Waals surface area contributed by atoms with Crippen LogP contribution in [0, 0.1) is 0 Å². The fourth-order valence-electron chi connectivity index (χ4n) is 2.32. The van der Waals surface area contributed by atoms with Crippen LogP contribution in [-0.4, -0.2) is 16.5 Å². The van der Waals surface area contributed by atoms with Gasteiger partial charge in [-0.2, -0.15) is 0 Å². The molecule has 1 unspecified atom stereocenters. The number of rotatable bonds is 4. The highest BCUT2D eigenvalue weighted by atomic mass is 16.3. The second-order valence-corrected chi connectivity index (χ2v) is 4.92. The highest BCUT2D eigenvalue weighted by molar-refractivity contribution is 5.92. The number of benzene rings is 1. The third kappa shape index (κ3) is 2.30. The van der Waals surface area contributed by atoms with E-state index in [1.54, 1.807) is 12.5 Å². The lowest BCUT2D eigenvalue weighted by molar-refractivity contribution is 0.616. The number of aromatic nitrogens is 2. The molecule has 0 bridgehead atoms. The van der Waals surface area contributed by atoms with Crippen LogP contribution >= 0.6 is 0 Å². The van der Waals surface area contributed by atoms with Gasteiger partial charge in [-0.1, -0.05) is 25.1 Å². The second-order valence-electron chi connectivity index (χ2n) is 4.92. The molecule has 0 amide bonds. The van der Waals surface area contributed by atoms with Gasteiger partial charge in [-0.25, -0.2) is 9.97 Å². The van der Waals surface area contributed by atoms with E-state index in [1.807, 2.05) is 30.3 Å². The molecule has 3 aromatic rings. The maximum Gasteiger partial charge on any atom is 0.134 e. The Hall–Kier alpha value is -2.20. The van der Waals surface area contributed by atoms with Gasteiger partial charge in [0, 0.05) is 23.1 Å². The van der Waals surface area contributed by atoms with Gasteiger partial charge in [0.1, 0.15) is 17.7 Å². The van der Waals surface area contributed by atoms with Crippen molar-refractivity contribution in [2.24, 2.45) is 5.73 Å². The molecule has 0 fully saturated rings. The van der Waals surface area contributed by atoms with Crippen molar-refractivity contribution >= 4 is 11.0 Å². The van der Waals surface area contributed by atoms with E-state index in [4.69, 9.17) is 10.2 Å². The average molecular weight is 267 g/mol. The highest BCUT2D eigenvalue weighted by Crippen LogP contribution is 2.29. The van der Waals surface area contributed by atoms with Crippen molar-refractivity contribution in [1.29, 1.82) is 0 Å². The van der Waals surface area contributed by atoms with Crippen LogP contribution in [-0.2, 0) is 0 Å². The van der Waals surface area contributed by atoms with Crippen LogP contribution in [0.3, 0.4) is 0 Å². The van der Waals surface area contributed by atoms with Crippen LogP contribution < -0.4 is 5.73 Å². The zero-order valence-electron chi connectivity index (χ0n) is 11.4. The van der Waals surface area contributed by atoms with E-state index in [0.29, 0.717) is 6.54 Å². The van der Waals surface area contributed by atoms with Gasteiger partial charge in [-0.15, -0.1) is 0 Å². The third-order valence-electron chi connectivity index (χ3n) is 3.47. The normalized spacial score (nSPS) is 12.7. The molecular weight excluding hydrogens is 250 g/mol. The topological polar surface area (TPSA) is 64.9 Å². The second kappa shape index (κ2) is 5.43. The first-order valence-electron chi connectivity index (χ1n) is 6.79. The van der Waals surface area contributed by atoms with Gasteiger partial charge in [0.2, 0.25) is 0 Å². The van der Waals surface area contributed by atoms with Gasteiger partial charge in [0.15, 0.2) is 0 Å². The van der Waals surface area contributed by atoms with Crippen LogP contribution in [0.15, 0.2) is 47.2 Å². The van der Waals surface area contributed by atoms with Crippen LogP contribution in [0.25, 0.3) is 22.2 Å². The van der Waals surface area contributed by atoms with Gasteiger partial charge < -0.3 is 10.2 Å². The molecule has 1 aromatic carbocycles. The molecular formula is C16H17N3O. The molecule has 0 aliphatic rings. The van der Waals surface area contributed by atoms with Gasteiger partial charge in [0.25, 0.3) is 0 Å². The number of para-hydroxylation sites is 1. The summed E-state index contributed by atoms with van der Waals surface area (Å²) in [5.41, 5.74) is 8.37. The van der Waals surface area contributed by atoms with Crippen molar-refractivity contribution < 1.29 is 4.42 Å². The van der Waals surface area contributed by atoms with Gasteiger partial charge in [0.05, 0.1) is 5.69 Å². The quantitative estimate of drug-likeness (QED) is 0.787. The van der Waals surface area contributed by atoms with Gasteiger partial charge in [-0.05, 0) is 25.1 Å². The summed E-state index contributed by atoms with van der Waals surface area (Å²) < 4.78 is 5.57. The van der Waals surface area contributed by atoms with Gasteiger partial charge in [-0.3, -0.25) is 0 Å². The molecule has 0 aliphatic heterocycles. The molecule has 0 saturated heterocycles. The van der Waals surface area contributed by atoms with Crippen molar-refractivity contribution in [3.63, 3.8) is 0 Å². The van der Waals surface area contributed by atoms with Crippen LogP contribution in [0.1, 0.15) is 25.1 Å². The average Bonchev–Trinajstić information content (AvgIpc) is 2.91. The molecule has 2 heterocycles. The zero-order chi connectivity index (χ0) is 13.9. The lowest BCUT2D eigenvalue weighted by atomic mass is 10.1. The molecule has 102 valence electrons. The maximum absolute atomic E-state index is 5.60. The Bertz CT molecular complexity index is 720. The Labute approximate surface area is 117 Å². The van der Waals surface area contributed by atoms with E-state index in [9.17, 15) is 0 Å². The zero-order valence-corrected chi connectivity index (χ0v) is 11.4. The van der Waals surface area contributed by atoms with Crippen LogP contribution in [0.2, 0.25) is 0 Å². The van der Waals surface area contributed by atoms with Crippen molar-refractivity contribution in [1.82, 2.24) is 9.97 Å². The lowest BCUT2D eigenvalue weighted by Crippen LogP contribution is -2.07. The Balaban J connectivity index is 2.04. The first kappa shape index (κ1) is 12.8. The minimum atomic E-state index is 0.262. The van der Waals surface area contributed by atoms with Gasteiger partial charge >= 0.3 is 0 Å². The predicted octanol–water partition coefficient (Wildman–Crippen LogP) is 3.34. The van der Waals surface area contributed by atoms with Crippen molar-refractivity contribution in [2.75, 3.05) is 6.54 Å². The maximum atomic E-state index is 5.60. The summed E-state index contributed by atoms with van der Waals surface area (Å²) in [5.74, 6) is 1.09. The van der Waals surface area contributed by atoms with Crippen LogP contribution in [0.5, 0.6) is 0 Å². The summed E-state index contributed by atoms with van der Waals surface area (Å²) in [4.78, 5) is 9.01. The molecule has 2 aromatic heterocycles. The van der Waals surface area contributed by atoms with Crippen molar-refractivity contribution in [2.45, 2.75) is 19.3 Å². The van der Waals surface area contributed by atoms with E-state index in [-0.39, 0.29) is 5.92 Å². The van der Waals surface area contributed by atoms with Crippen molar-refractivity contribution in [3.8, 4) is 11.3 Å². The summed E-state index contributed by atoms with van der Waals surface area (Å²) in [6, 6.07) is 9.87. The molecule has 20 heavy (non-hydrogen) atoms. The van der Waals surface area contributed by atoms with E-state index in [2.05, 4.69) is 16.9 Å². The van der Waals surface area contributed by atoms with E-state index >= 15 is 0 Å². The van der Waals surface area contributed by atoms with Crippen molar-refractivity contribution in [3.05, 3.63) is 48.6 Å². The largest absolute Gasteiger partial charge is 0.464 e. The monoisotopic (exact) mass is 267 g/mol. The number of nitrogens with zero attached hydrogens (tertiary/aromatic N) is 2. The molecule has 1 atom stereocenters. The molecule has 0 aliphatic carbocycles. The Morgan fingerprint density at radius 3 is 2.95 bits per heavy atom. The summed E-state index contributed by atoms with van der Waals surface area (Å²) >= 11 is 0. The van der Waals surface area contributed by atoms with E-state index in [0.717, 1.165) is 34.5 Å². The predicted molar refractivity (Wildman–Crippen MR) is 79.3 cm³/mol. The Morgan fingerprint density at radius 1 is 1.25 bits per heavy atom. The van der Waals surface area contributed by atoms with E-state index in [1.165, 1.54) is 0 Å². The molecule has 3 rings (SSSR count). The fourth-order valence-corrected chi connectivity index (χ4v) is 2.32. The molecule has 0 saturated carbocycles. The Morgan fingerprint density at radius 2 is 2.10 bits per heavy atom. The van der Waals surface area contributed by atoms with E-state index < -0.39 is 0 Å². The van der Waals surface area contributed by atoms with Crippen LogP contribution in [0.4, 0.5) is 0 Å². The number of fused-ring (bicyclic) bond motifs is 1. The summed E-state index contributed by atoms with van der Waals surface area (Å²) in [5, 5.41) is 1.07. The Kier molecular flexibility index (Phi) is 3.48. The highest BCUT2D eigenvalue weighted by Gasteiger charge is 2.12. The minimum absolute atomic E-state index is 0.262. The first-order valence-corrected chi connectivity index (χ1v) is 6.79. The summed E-state index contributed by atoms with van der Waals surface area (Å²) in [6.45, 7) is 2.74. The SMILES string of the molecule is CC(CCN)c1nccc(-c2coc3ccccc23)n1. The number of hydrogen-bond donors (Lipinski definition) is 1. The molecule has 0 spiro atoms. The number of nitrogens with two attached hydrogens (primary N) is 1. The molecule has 2 N–H and O–H groups in total. The molecule has 4 heteroatoms. The lowest BCUT2D eigenvalue weighted by Gasteiger charge is -2.09. The standard InChI is InChI=1S/C16H17N3O/c1-11(6-8-17)16-18-9-7-14(19-16)13-10-20-15-5-3-2-4-12(13)15/h2-5,7,9-11H,6,8,17H2,1H3. The fraction of sp³-hybridized carbons (Fsp3) is 0.250. The molecule has 4 nitrogen and oxygen atoms in total. The molecule has 0 radical (unpaired) electrons. The minimum Gasteiger partial charge on any atom is -0.464 e. The summed E-state index contributed by atoms with van der Waals surface area (Å²) in [6.07, 6.45) is 4.44. The first-order chi connectivity index (χ1) is 9.79.